The number of benzene rings is 2. The van der Waals surface area contributed by atoms with Gasteiger partial charge >= 0.3 is 0 Å². The monoisotopic (exact) mass is 281 g/mol. The first kappa shape index (κ1) is 13.1. The number of nitrogens with two attached hydrogens (primary N) is 1. The summed E-state index contributed by atoms with van der Waals surface area (Å²) in [7, 11) is 1.56. The topological polar surface area (TPSA) is 73.3 Å². The molecule has 0 aliphatic carbocycles. The molecule has 3 N–H and O–H groups in total. The minimum atomic E-state index is 0.145. The van der Waals surface area contributed by atoms with Crippen LogP contribution in [0.5, 0.6) is 11.5 Å². The molecule has 0 saturated heterocycles. The summed E-state index contributed by atoms with van der Waals surface area (Å²) in [4.78, 5) is 0. The average Bonchev–Trinajstić information content (AvgIpc) is 2.97. The number of rotatable bonds is 3. The molecule has 0 radical (unpaired) electrons. The zero-order valence-corrected chi connectivity index (χ0v) is 11.5. The van der Waals surface area contributed by atoms with E-state index in [9.17, 15) is 5.11 Å². The third-order valence-electron chi connectivity index (χ3n) is 3.26. The van der Waals surface area contributed by atoms with Crippen LogP contribution in [-0.4, -0.2) is 22.0 Å². The highest BCUT2D eigenvalue weighted by Crippen LogP contribution is 2.33. The van der Waals surface area contributed by atoms with Crippen LogP contribution in [0.2, 0.25) is 0 Å². The van der Waals surface area contributed by atoms with Gasteiger partial charge in [0, 0.05) is 17.3 Å². The van der Waals surface area contributed by atoms with Crippen LogP contribution in [0.3, 0.4) is 0 Å². The van der Waals surface area contributed by atoms with E-state index in [4.69, 9.17) is 10.5 Å². The second kappa shape index (κ2) is 5.20. The Kier molecular flexibility index (Phi) is 3.23. The van der Waals surface area contributed by atoms with Crippen LogP contribution in [0.25, 0.3) is 16.9 Å². The highest BCUT2D eigenvalue weighted by Gasteiger charge is 2.12. The summed E-state index contributed by atoms with van der Waals surface area (Å²) >= 11 is 0. The van der Waals surface area contributed by atoms with Gasteiger partial charge in [-0.3, -0.25) is 0 Å². The van der Waals surface area contributed by atoms with Crippen molar-refractivity contribution < 1.29 is 9.84 Å². The van der Waals surface area contributed by atoms with Crippen LogP contribution in [0.4, 0.5) is 5.69 Å². The predicted octanol–water partition coefficient (Wildman–Crippen LogP) is 2.84. The van der Waals surface area contributed by atoms with Gasteiger partial charge in [-0.2, -0.15) is 5.10 Å². The molecule has 0 atom stereocenters. The standard InChI is InChI=1S/C16H15N3O2/c1-21-13-6-7-14(16(20)10-13)15-8-9-18-19(15)12-4-2-11(17)3-5-12/h2-10,20H,17H2,1H3. The maximum absolute atomic E-state index is 10.2. The van der Waals surface area contributed by atoms with E-state index in [0.717, 1.165) is 11.4 Å². The van der Waals surface area contributed by atoms with Crippen LogP contribution in [0.1, 0.15) is 0 Å². The maximum Gasteiger partial charge on any atom is 0.128 e. The van der Waals surface area contributed by atoms with Gasteiger partial charge in [-0.1, -0.05) is 0 Å². The maximum atomic E-state index is 10.2. The van der Waals surface area contributed by atoms with E-state index in [0.29, 0.717) is 17.0 Å². The summed E-state index contributed by atoms with van der Waals surface area (Å²) in [5, 5.41) is 14.5. The Morgan fingerprint density at radius 1 is 1.10 bits per heavy atom. The van der Waals surface area contributed by atoms with Crippen LogP contribution in [0.15, 0.2) is 54.7 Å². The molecular formula is C16H15N3O2. The Labute approximate surface area is 122 Å². The van der Waals surface area contributed by atoms with E-state index >= 15 is 0 Å². The number of hydrogen-bond acceptors (Lipinski definition) is 4. The Morgan fingerprint density at radius 3 is 2.52 bits per heavy atom. The smallest absolute Gasteiger partial charge is 0.128 e. The van der Waals surface area contributed by atoms with Gasteiger partial charge in [-0.25, -0.2) is 4.68 Å². The molecule has 0 bridgehead atoms. The van der Waals surface area contributed by atoms with Crippen molar-refractivity contribution in [3.8, 4) is 28.4 Å². The highest BCUT2D eigenvalue weighted by molar-refractivity contribution is 5.70. The van der Waals surface area contributed by atoms with Crippen LogP contribution in [0, 0.1) is 0 Å². The fourth-order valence-corrected chi connectivity index (χ4v) is 2.18. The first-order chi connectivity index (χ1) is 10.2. The molecule has 21 heavy (non-hydrogen) atoms. The summed E-state index contributed by atoms with van der Waals surface area (Å²) < 4.78 is 6.85. The van der Waals surface area contributed by atoms with Gasteiger partial charge < -0.3 is 15.6 Å². The molecule has 0 spiro atoms. The number of phenols is 1. The van der Waals surface area contributed by atoms with Crippen LogP contribution >= 0.6 is 0 Å². The first-order valence-corrected chi connectivity index (χ1v) is 6.46. The van der Waals surface area contributed by atoms with E-state index in [1.807, 2.05) is 30.3 Å². The van der Waals surface area contributed by atoms with Crippen molar-refractivity contribution in [2.24, 2.45) is 0 Å². The second-order valence-electron chi connectivity index (χ2n) is 4.60. The summed E-state index contributed by atoms with van der Waals surface area (Å²) in [6.45, 7) is 0. The summed E-state index contributed by atoms with van der Waals surface area (Å²) in [5.41, 5.74) is 8.75. The van der Waals surface area contributed by atoms with Crippen LogP contribution in [-0.2, 0) is 0 Å². The summed E-state index contributed by atoms with van der Waals surface area (Å²) in [5.74, 6) is 0.751. The van der Waals surface area contributed by atoms with Crippen molar-refractivity contribution in [2.45, 2.75) is 0 Å². The fraction of sp³-hybridized carbons (Fsp3) is 0.0625. The third kappa shape index (κ3) is 2.41. The number of anilines is 1. The molecule has 5 nitrogen and oxygen atoms in total. The van der Waals surface area contributed by atoms with E-state index < -0.39 is 0 Å². The molecule has 1 aromatic heterocycles. The van der Waals surface area contributed by atoms with Crippen molar-refractivity contribution in [1.29, 1.82) is 0 Å². The lowest BCUT2D eigenvalue weighted by Gasteiger charge is -2.10. The summed E-state index contributed by atoms with van der Waals surface area (Å²) in [6, 6.07) is 14.4. The number of nitrogens with zero attached hydrogens (tertiary/aromatic N) is 2. The van der Waals surface area contributed by atoms with E-state index in [-0.39, 0.29) is 5.75 Å². The molecule has 5 heteroatoms. The number of methoxy groups -OCH3 is 1. The molecule has 1 heterocycles. The van der Waals surface area contributed by atoms with Gasteiger partial charge in [0.05, 0.1) is 24.7 Å². The van der Waals surface area contributed by atoms with Gasteiger partial charge in [-0.05, 0) is 42.5 Å². The Balaban J connectivity index is 2.09. The average molecular weight is 281 g/mol. The molecule has 0 aliphatic rings. The molecule has 0 unspecified atom stereocenters. The third-order valence-corrected chi connectivity index (χ3v) is 3.26. The lowest BCUT2D eigenvalue weighted by Crippen LogP contribution is -1.99. The van der Waals surface area contributed by atoms with Gasteiger partial charge in [0.2, 0.25) is 0 Å². The minimum absolute atomic E-state index is 0.145. The first-order valence-electron chi connectivity index (χ1n) is 6.46. The predicted molar refractivity (Wildman–Crippen MR) is 81.6 cm³/mol. The van der Waals surface area contributed by atoms with E-state index in [2.05, 4.69) is 5.10 Å². The normalized spacial score (nSPS) is 10.5. The number of ether oxygens (including phenoxy) is 1. The zero-order chi connectivity index (χ0) is 14.8. The molecule has 0 aliphatic heterocycles. The number of aromatic nitrogens is 2. The van der Waals surface area contributed by atoms with E-state index in [1.165, 1.54) is 0 Å². The second-order valence-corrected chi connectivity index (χ2v) is 4.60. The molecule has 2 aromatic carbocycles. The Morgan fingerprint density at radius 2 is 1.86 bits per heavy atom. The molecule has 0 amide bonds. The van der Waals surface area contributed by atoms with Crippen molar-refractivity contribution in [1.82, 2.24) is 9.78 Å². The minimum Gasteiger partial charge on any atom is -0.507 e. The van der Waals surface area contributed by atoms with E-state index in [1.54, 1.807) is 36.2 Å². The highest BCUT2D eigenvalue weighted by atomic mass is 16.5. The van der Waals surface area contributed by atoms with Gasteiger partial charge in [-0.15, -0.1) is 0 Å². The van der Waals surface area contributed by atoms with Gasteiger partial charge in [0.15, 0.2) is 0 Å². The molecule has 106 valence electrons. The van der Waals surface area contributed by atoms with Crippen molar-refractivity contribution in [3.05, 3.63) is 54.7 Å². The van der Waals surface area contributed by atoms with Crippen molar-refractivity contribution in [3.63, 3.8) is 0 Å². The zero-order valence-electron chi connectivity index (χ0n) is 11.5. The summed E-state index contributed by atoms with van der Waals surface area (Å²) in [6.07, 6.45) is 1.69. The van der Waals surface area contributed by atoms with Gasteiger partial charge in [0.1, 0.15) is 11.5 Å². The number of nitrogen functional groups attached to an aromatic ring is 1. The molecule has 0 fully saturated rings. The molecule has 0 saturated carbocycles. The fourth-order valence-electron chi connectivity index (χ4n) is 2.18. The lowest BCUT2D eigenvalue weighted by molar-refractivity contribution is 0.408. The van der Waals surface area contributed by atoms with Crippen molar-refractivity contribution >= 4 is 5.69 Å². The largest absolute Gasteiger partial charge is 0.507 e. The molecule has 3 aromatic rings. The molecular weight excluding hydrogens is 266 g/mol. The Hall–Kier alpha value is -2.95. The number of hydrogen-bond donors (Lipinski definition) is 2. The van der Waals surface area contributed by atoms with Gasteiger partial charge in [0.25, 0.3) is 0 Å². The molecule has 3 rings (SSSR count). The Bertz CT molecular complexity index is 763. The SMILES string of the molecule is COc1ccc(-c2ccnn2-c2ccc(N)cc2)c(O)c1. The van der Waals surface area contributed by atoms with Crippen molar-refractivity contribution in [2.75, 3.05) is 12.8 Å². The quantitative estimate of drug-likeness (QED) is 0.724. The number of aromatic hydroxyl groups is 1. The van der Waals surface area contributed by atoms with Crippen LogP contribution < -0.4 is 10.5 Å². The lowest BCUT2D eigenvalue weighted by atomic mass is 10.1. The number of phenolic OH excluding ortho intramolecular Hbond substituents is 1.